The largest absolute Gasteiger partial charge is 0.417 e. The summed E-state index contributed by atoms with van der Waals surface area (Å²) in [4.78, 5) is 26.4. The second kappa shape index (κ2) is 8.24. The summed E-state index contributed by atoms with van der Waals surface area (Å²) in [5.74, 6) is -0.732. The molecule has 2 aromatic heterocycles. The first-order chi connectivity index (χ1) is 18.1. The first-order valence-electron chi connectivity index (χ1n) is 11.8. The molecular weight excluding hydrogens is 496 g/mol. The molecule has 5 aromatic rings. The number of pyridine rings is 1. The fourth-order valence-electron chi connectivity index (χ4n) is 5.12. The molecule has 0 aliphatic carbocycles. The molecule has 1 aliphatic heterocycles. The molecule has 1 amide bonds. The summed E-state index contributed by atoms with van der Waals surface area (Å²) in [5, 5.41) is 0. The molecule has 0 saturated heterocycles. The van der Waals surface area contributed by atoms with E-state index in [9.17, 15) is 22.4 Å². The van der Waals surface area contributed by atoms with Crippen LogP contribution in [0.2, 0.25) is 0 Å². The highest BCUT2D eigenvalue weighted by Gasteiger charge is 2.46. The number of hydrogen-bond donors (Lipinski definition) is 1. The Hall–Kier alpha value is -4.53. The fourth-order valence-corrected chi connectivity index (χ4v) is 5.12. The lowest BCUT2D eigenvalue weighted by Crippen LogP contribution is -2.33. The van der Waals surface area contributed by atoms with Gasteiger partial charge < -0.3 is 4.98 Å². The van der Waals surface area contributed by atoms with Gasteiger partial charge >= 0.3 is 6.18 Å². The Morgan fingerprint density at radius 3 is 2.50 bits per heavy atom. The van der Waals surface area contributed by atoms with Gasteiger partial charge in [-0.2, -0.15) is 13.2 Å². The number of rotatable bonds is 3. The van der Waals surface area contributed by atoms with Crippen molar-refractivity contribution in [1.82, 2.24) is 15.0 Å². The van der Waals surface area contributed by atoms with E-state index in [-0.39, 0.29) is 22.8 Å². The number of H-pyrrole nitrogens is 1. The van der Waals surface area contributed by atoms with Crippen LogP contribution in [0.15, 0.2) is 79.1 Å². The minimum absolute atomic E-state index is 0.0281. The lowest BCUT2D eigenvalue weighted by atomic mass is 9.81. The molecule has 0 bridgehead atoms. The topological polar surface area (TPSA) is 61.9 Å². The number of halogens is 4. The van der Waals surface area contributed by atoms with Crippen molar-refractivity contribution >= 4 is 28.3 Å². The van der Waals surface area contributed by atoms with Crippen LogP contribution in [0.3, 0.4) is 0 Å². The molecule has 0 fully saturated rings. The zero-order chi connectivity index (χ0) is 26.8. The zero-order valence-electron chi connectivity index (χ0n) is 20.3. The van der Waals surface area contributed by atoms with E-state index in [4.69, 9.17) is 0 Å². The van der Waals surface area contributed by atoms with E-state index >= 15 is 0 Å². The van der Waals surface area contributed by atoms with Crippen molar-refractivity contribution in [3.63, 3.8) is 0 Å². The van der Waals surface area contributed by atoms with Crippen LogP contribution < -0.4 is 4.90 Å². The SMILES string of the molecule is CC1(C)C(=O)N(c2cccnc2)c2cccc(-c3ccc(C(F)(F)F)c(-c4nc5cc(F)ccc5[nH]4)c3)c21. The van der Waals surface area contributed by atoms with E-state index in [2.05, 4.69) is 15.0 Å². The number of aromatic nitrogens is 3. The van der Waals surface area contributed by atoms with E-state index < -0.39 is 23.0 Å². The number of carbonyl (C=O) groups excluding carboxylic acids is 1. The highest BCUT2D eigenvalue weighted by molar-refractivity contribution is 6.14. The Balaban J connectivity index is 1.57. The van der Waals surface area contributed by atoms with Gasteiger partial charge in [0.1, 0.15) is 11.6 Å². The number of benzene rings is 3. The number of nitrogens with zero attached hydrogens (tertiary/aromatic N) is 3. The molecule has 6 rings (SSSR count). The second-order valence-electron chi connectivity index (χ2n) is 9.68. The molecule has 9 heteroatoms. The molecule has 3 aromatic carbocycles. The summed E-state index contributed by atoms with van der Waals surface area (Å²) in [7, 11) is 0. The van der Waals surface area contributed by atoms with Crippen LogP contribution in [0.1, 0.15) is 25.0 Å². The average molecular weight is 516 g/mol. The maximum absolute atomic E-state index is 14.1. The van der Waals surface area contributed by atoms with Crippen molar-refractivity contribution < 1.29 is 22.4 Å². The summed E-state index contributed by atoms with van der Waals surface area (Å²) in [6.07, 6.45) is -1.44. The maximum atomic E-state index is 14.1. The average Bonchev–Trinajstić information content (AvgIpc) is 3.39. The maximum Gasteiger partial charge on any atom is 0.417 e. The van der Waals surface area contributed by atoms with E-state index in [0.717, 1.165) is 12.1 Å². The Labute approximate surface area is 214 Å². The first kappa shape index (κ1) is 23.8. The Morgan fingerprint density at radius 1 is 0.947 bits per heavy atom. The molecule has 0 radical (unpaired) electrons. The number of hydrogen-bond acceptors (Lipinski definition) is 3. The van der Waals surface area contributed by atoms with Gasteiger partial charge in [0.05, 0.1) is 39.6 Å². The van der Waals surface area contributed by atoms with Gasteiger partial charge in [0.25, 0.3) is 0 Å². The monoisotopic (exact) mass is 516 g/mol. The van der Waals surface area contributed by atoms with Gasteiger partial charge in [0.15, 0.2) is 0 Å². The third kappa shape index (κ3) is 3.65. The summed E-state index contributed by atoms with van der Waals surface area (Å²) >= 11 is 0. The van der Waals surface area contributed by atoms with E-state index in [0.29, 0.717) is 33.6 Å². The van der Waals surface area contributed by atoms with E-state index in [1.54, 1.807) is 55.4 Å². The Bertz CT molecular complexity index is 1720. The van der Waals surface area contributed by atoms with Crippen molar-refractivity contribution in [3.8, 4) is 22.5 Å². The smallest absolute Gasteiger partial charge is 0.338 e. The van der Waals surface area contributed by atoms with Gasteiger partial charge in [-0.25, -0.2) is 9.37 Å². The predicted molar refractivity (Wildman–Crippen MR) is 136 cm³/mol. The molecule has 0 unspecified atom stereocenters. The number of carbonyl (C=O) groups is 1. The second-order valence-corrected chi connectivity index (χ2v) is 9.68. The molecule has 0 spiro atoms. The fraction of sp³-hybridized carbons (Fsp3) is 0.138. The predicted octanol–water partition coefficient (Wildman–Crippen LogP) is 7.41. The van der Waals surface area contributed by atoms with Crippen LogP contribution in [0.5, 0.6) is 0 Å². The highest BCUT2D eigenvalue weighted by Crippen LogP contribution is 2.50. The molecule has 5 nitrogen and oxygen atoms in total. The van der Waals surface area contributed by atoms with Crippen molar-refractivity contribution in [1.29, 1.82) is 0 Å². The number of anilines is 2. The van der Waals surface area contributed by atoms with Crippen LogP contribution in [0.4, 0.5) is 28.9 Å². The molecule has 1 N–H and O–H groups in total. The Kier molecular flexibility index (Phi) is 5.17. The molecule has 3 heterocycles. The van der Waals surface area contributed by atoms with Gasteiger partial charge in [-0.05, 0) is 73.0 Å². The first-order valence-corrected chi connectivity index (χ1v) is 11.8. The molecule has 1 aliphatic rings. The number of imidazole rings is 1. The highest BCUT2D eigenvalue weighted by atomic mass is 19.4. The quantitative estimate of drug-likeness (QED) is 0.254. The summed E-state index contributed by atoms with van der Waals surface area (Å²) in [5.41, 5.74) is 1.70. The third-order valence-electron chi connectivity index (χ3n) is 6.89. The molecule has 38 heavy (non-hydrogen) atoms. The van der Waals surface area contributed by atoms with Crippen LogP contribution in [0.25, 0.3) is 33.5 Å². The summed E-state index contributed by atoms with van der Waals surface area (Å²) in [6.45, 7) is 3.60. The zero-order valence-corrected chi connectivity index (χ0v) is 20.3. The van der Waals surface area contributed by atoms with Gasteiger partial charge in [-0.3, -0.25) is 14.7 Å². The lowest BCUT2D eigenvalue weighted by molar-refractivity contribution is -0.137. The lowest BCUT2D eigenvalue weighted by Gasteiger charge is -2.21. The van der Waals surface area contributed by atoms with Crippen LogP contribution >= 0.6 is 0 Å². The van der Waals surface area contributed by atoms with Crippen LogP contribution in [-0.4, -0.2) is 20.9 Å². The van der Waals surface area contributed by atoms with Crippen molar-refractivity contribution in [2.24, 2.45) is 0 Å². The minimum atomic E-state index is -4.65. The molecular formula is C29H20F4N4O. The number of aromatic amines is 1. The van der Waals surface area contributed by atoms with E-state index in [1.807, 2.05) is 6.07 Å². The summed E-state index contributed by atoms with van der Waals surface area (Å²) < 4.78 is 55.9. The van der Waals surface area contributed by atoms with E-state index in [1.165, 1.54) is 24.3 Å². The van der Waals surface area contributed by atoms with Crippen molar-refractivity contribution in [3.05, 3.63) is 96.1 Å². The Morgan fingerprint density at radius 2 is 1.76 bits per heavy atom. The number of alkyl halides is 3. The van der Waals surface area contributed by atoms with Crippen LogP contribution in [0, 0.1) is 5.82 Å². The van der Waals surface area contributed by atoms with Gasteiger partial charge in [0.2, 0.25) is 5.91 Å². The van der Waals surface area contributed by atoms with Gasteiger partial charge in [0, 0.05) is 17.8 Å². The molecule has 0 saturated carbocycles. The van der Waals surface area contributed by atoms with Crippen molar-refractivity contribution in [2.45, 2.75) is 25.4 Å². The standard InChI is InChI=1S/C29H20F4N4O/c1-28(2)25-19(6-3-7-24(25)37(27(28)38)18-5-4-12-34-15-18)16-8-10-21(29(31,32)33)20(13-16)26-35-22-11-9-17(30)14-23(22)36-26/h3-15H,1-2H3,(H,35,36). The number of fused-ring (bicyclic) bond motifs is 2. The van der Waals surface area contributed by atoms with Gasteiger partial charge in [-0.15, -0.1) is 0 Å². The number of nitrogens with one attached hydrogen (secondary N) is 1. The third-order valence-corrected chi connectivity index (χ3v) is 6.89. The van der Waals surface area contributed by atoms with Crippen molar-refractivity contribution in [2.75, 3.05) is 4.90 Å². The van der Waals surface area contributed by atoms with Gasteiger partial charge in [-0.1, -0.05) is 18.2 Å². The molecule has 190 valence electrons. The number of amides is 1. The minimum Gasteiger partial charge on any atom is -0.338 e. The normalized spacial score (nSPS) is 14.8. The van der Waals surface area contributed by atoms with Crippen LogP contribution in [-0.2, 0) is 16.4 Å². The summed E-state index contributed by atoms with van der Waals surface area (Å²) in [6, 6.07) is 16.5. The molecule has 0 atom stereocenters.